The lowest BCUT2D eigenvalue weighted by Gasteiger charge is -2.13. The van der Waals surface area contributed by atoms with Crippen molar-refractivity contribution in [3.8, 4) is 5.75 Å². The first-order chi connectivity index (χ1) is 15.6. The van der Waals surface area contributed by atoms with Crippen molar-refractivity contribution in [3.05, 3.63) is 58.1 Å². The van der Waals surface area contributed by atoms with Crippen LogP contribution in [0.3, 0.4) is 0 Å². The number of rotatable bonds is 6. The number of carbonyl (C=O) groups excluding carboxylic acids is 2. The molecule has 1 unspecified atom stereocenters. The van der Waals surface area contributed by atoms with Crippen molar-refractivity contribution in [2.24, 2.45) is 10.2 Å². The molecule has 0 aromatic heterocycles. The van der Waals surface area contributed by atoms with Gasteiger partial charge in [0.15, 0.2) is 5.17 Å². The van der Waals surface area contributed by atoms with E-state index in [1.54, 1.807) is 19.1 Å². The van der Waals surface area contributed by atoms with Gasteiger partial charge in [0.05, 0.1) is 24.6 Å². The van der Waals surface area contributed by atoms with E-state index in [0.717, 1.165) is 29.6 Å². The van der Waals surface area contributed by atoms with Crippen LogP contribution in [0.5, 0.6) is 5.75 Å². The average molecular weight is 499 g/mol. The highest BCUT2D eigenvalue weighted by Gasteiger charge is 2.33. The number of halogens is 4. The van der Waals surface area contributed by atoms with Gasteiger partial charge in [-0.2, -0.15) is 18.3 Å². The Balaban J connectivity index is 1.64. The zero-order chi connectivity index (χ0) is 24.2. The number of anilines is 1. The predicted molar refractivity (Wildman–Crippen MR) is 122 cm³/mol. The molecule has 1 aliphatic rings. The summed E-state index contributed by atoms with van der Waals surface area (Å²) in [6.07, 6.45) is -3.74. The normalized spacial score (nSPS) is 17.5. The van der Waals surface area contributed by atoms with Gasteiger partial charge in [-0.15, -0.1) is 5.10 Å². The van der Waals surface area contributed by atoms with Crippen LogP contribution < -0.4 is 15.4 Å². The maximum Gasteiger partial charge on any atom is 0.417 e. The molecule has 33 heavy (non-hydrogen) atoms. The first kappa shape index (κ1) is 24.6. The van der Waals surface area contributed by atoms with E-state index < -0.39 is 28.8 Å². The zero-order valence-electron chi connectivity index (χ0n) is 17.4. The van der Waals surface area contributed by atoms with Gasteiger partial charge in [-0.3, -0.25) is 9.59 Å². The minimum absolute atomic E-state index is 0.0819. The summed E-state index contributed by atoms with van der Waals surface area (Å²) in [6, 6.07) is 8.14. The molecule has 2 amide bonds. The summed E-state index contributed by atoms with van der Waals surface area (Å²) in [5.74, 6) is -0.524. The highest BCUT2D eigenvalue weighted by atomic mass is 35.5. The molecule has 0 radical (unpaired) electrons. The van der Waals surface area contributed by atoms with E-state index in [-0.39, 0.29) is 17.2 Å². The molecule has 174 valence electrons. The molecule has 0 aliphatic carbocycles. The first-order valence-corrected chi connectivity index (χ1v) is 10.7. The molecular formula is C21H18ClF3N4O3S. The van der Waals surface area contributed by atoms with E-state index in [4.69, 9.17) is 16.3 Å². The second kappa shape index (κ2) is 10.3. The topological polar surface area (TPSA) is 92.2 Å². The number of amides is 2. The molecule has 7 nitrogen and oxygen atoms in total. The Hall–Kier alpha value is -3.05. The molecule has 0 spiro atoms. The quantitative estimate of drug-likeness (QED) is 0.449. The van der Waals surface area contributed by atoms with Gasteiger partial charge in [0.1, 0.15) is 11.0 Å². The van der Waals surface area contributed by atoms with Gasteiger partial charge in [0.25, 0.3) is 0 Å². The summed E-state index contributed by atoms with van der Waals surface area (Å²) in [4.78, 5) is 24.6. The van der Waals surface area contributed by atoms with Crippen molar-refractivity contribution >= 4 is 52.2 Å². The monoisotopic (exact) mass is 498 g/mol. The third-order valence-electron chi connectivity index (χ3n) is 4.51. The number of aryl methyl sites for hydroxylation is 1. The second-order valence-corrected chi connectivity index (χ2v) is 8.48. The Bertz CT molecular complexity index is 1140. The number of methoxy groups -OCH3 is 1. The summed E-state index contributed by atoms with van der Waals surface area (Å²) in [5.41, 5.74) is 0.140. The van der Waals surface area contributed by atoms with Crippen LogP contribution >= 0.6 is 23.4 Å². The third kappa shape index (κ3) is 6.26. The Kier molecular flexibility index (Phi) is 7.65. The van der Waals surface area contributed by atoms with Crippen LogP contribution in [0.2, 0.25) is 5.02 Å². The van der Waals surface area contributed by atoms with Gasteiger partial charge in [-0.1, -0.05) is 41.6 Å². The van der Waals surface area contributed by atoms with Gasteiger partial charge in [-0.25, -0.2) is 0 Å². The number of alkyl halides is 3. The molecule has 3 rings (SSSR count). The fraction of sp³-hybridized carbons (Fsp3) is 0.238. The van der Waals surface area contributed by atoms with Gasteiger partial charge >= 0.3 is 6.18 Å². The number of ether oxygens (including phenoxy) is 1. The van der Waals surface area contributed by atoms with Crippen molar-refractivity contribution in [2.75, 3.05) is 12.4 Å². The first-order valence-electron chi connectivity index (χ1n) is 9.47. The van der Waals surface area contributed by atoms with Gasteiger partial charge in [-0.05, 0) is 24.6 Å². The van der Waals surface area contributed by atoms with Crippen LogP contribution in [0, 0.1) is 6.92 Å². The molecule has 1 atom stereocenters. The molecule has 2 aromatic rings. The Labute approximate surface area is 196 Å². The number of nitrogens with one attached hydrogen (secondary N) is 2. The molecule has 1 heterocycles. The Morgan fingerprint density at radius 3 is 2.76 bits per heavy atom. The smallest absolute Gasteiger partial charge is 0.417 e. The van der Waals surface area contributed by atoms with Crippen LogP contribution in [-0.4, -0.2) is 35.6 Å². The van der Waals surface area contributed by atoms with Gasteiger partial charge in [0.2, 0.25) is 11.8 Å². The minimum Gasteiger partial charge on any atom is -0.495 e. The van der Waals surface area contributed by atoms with E-state index in [2.05, 4.69) is 20.8 Å². The minimum atomic E-state index is -4.53. The lowest BCUT2D eigenvalue weighted by Crippen LogP contribution is -2.28. The summed E-state index contributed by atoms with van der Waals surface area (Å²) in [7, 11) is 1.44. The van der Waals surface area contributed by atoms with Gasteiger partial charge < -0.3 is 15.4 Å². The third-order valence-corrected chi connectivity index (χ3v) is 5.99. The summed E-state index contributed by atoms with van der Waals surface area (Å²) in [6.45, 7) is 1.77. The fourth-order valence-electron chi connectivity index (χ4n) is 2.90. The molecule has 2 aromatic carbocycles. The lowest BCUT2D eigenvalue weighted by molar-refractivity contribution is -0.137. The number of hydrogen-bond donors (Lipinski definition) is 2. The van der Waals surface area contributed by atoms with E-state index in [1.807, 2.05) is 0 Å². The Morgan fingerprint density at radius 2 is 2.06 bits per heavy atom. The number of thioether (sulfide) groups is 1. The number of amidine groups is 1. The van der Waals surface area contributed by atoms with Crippen molar-refractivity contribution in [2.45, 2.75) is 24.8 Å². The van der Waals surface area contributed by atoms with Crippen LogP contribution in [0.15, 0.2) is 46.6 Å². The molecule has 0 saturated carbocycles. The standard InChI is InChI=1S/C21H18ClF3N4O3S/c1-11-7-15(16(32-2)8-14(11)22)27-18(30)9-17-19(31)28-20(33-17)29-26-10-12-5-3-4-6-13(12)21(23,24)25/h3-8,10,17H,9H2,1-2H3,(H,27,30)(H,28,29,31)/b26-10+. The van der Waals surface area contributed by atoms with E-state index in [9.17, 15) is 22.8 Å². The number of carbonyl (C=O) groups is 2. The van der Waals surface area contributed by atoms with Crippen LogP contribution in [-0.2, 0) is 15.8 Å². The maximum atomic E-state index is 13.0. The molecule has 2 N–H and O–H groups in total. The second-order valence-electron chi connectivity index (χ2n) is 6.88. The zero-order valence-corrected chi connectivity index (χ0v) is 18.9. The van der Waals surface area contributed by atoms with Crippen LogP contribution in [0.1, 0.15) is 23.1 Å². The van der Waals surface area contributed by atoms with E-state index in [0.29, 0.717) is 16.5 Å². The van der Waals surface area contributed by atoms with Crippen molar-refractivity contribution in [3.63, 3.8) is 0 Å². The lowest BCUT2D eigenvalue weighted by atomic mass is 10.1. The van der Waals surface area contributed by atoms with E-state index in [1.165, 1.54) is 25.3 Å². The van der Waals surface area contributed by atoms with Gasteiger partial charge in [0, 0.05) is 23.1 Å². The molecule has 1 fully saturated rings. The molecule has 1 saturated heterocycles. The SMILES string of the molecule is COc1cc(Cl)c(C)cc1NC(=O)CC1S/C(=N/N=C/c2ccccc2C(F)(F)F)NC1=O. The predicted octanol–water partition coefficient (Wildman–Crippen LogP) is 4.63. The van der Waals surface area contributed by atoms with Crippen LogP contribution in [0.25, 0.3) is 0 Å². The van der Waals surface area contributed by atoms with Crippen LogP contribution in [0.4, 0.5) is 18.9 Å². The average Bonchev–Trinajstić information content (AvgIpc) is 3.09. The van der Waals surface area contributed by atoms with Crippen molar-refractivity contribution in [1.82, 2.24) is 5.32 Å². The number of nitrogens with zero attached hydrogens (tertiary/aromatic N) is 2. The fourth-order valence-corrected chi connectivity index (χ4v) is 3.97. The highest BCUT2D eigenvalue weighted by molar-refractivity contribution is 8.15. The molecule has 12 heteroatoms. The Morgan fingerprint density at radius 1 is 1.33 bits per heavy atom. The summed E-state index contributed by atoms with van der Waals surface area (Å²) in [5, 5.41) is 12.3. The van der Waals surface area contributed by atoms with Crippen molar-refractivity contribution < 1.29 is 27.5 Å². The summed E-state index contributed by atoms with van der Waals surface area (Å²) >= 11 is 7.01. The molecular weight excluding hydrogens is 481 g/mol. The summed E-state index contributed by atoms with van der Waals surface area (Å²) < 4.78 is 44.3. The van der Waals surface area contributed by atoms with E-state index >= 15 is 0 Å². The number of benzene rings is 2. The van der Waals surface area contributed by atoms with Crippen molar-refractivity contribution in [1.29, 1.82) is 0 Å². The largest absolute Gasteiger partial charge is 0.495 e. The highest BCUT2D eigenvalue weighted by Crippen LogP contribution is 2.32. The number of hydrogen-bond acceptors (Lipinski definition) is 6. The maximum absolute atomic E-state index is 13.0. The molecule has 0 bridgehead atoms. The molecule has 1 aliphatic heterocycles.